The average molecular weight is 435 g/mol. The molecule has 31 heavy (non-hydrogen) atoms. The predicted octanol–water partition coefficient (Wildman–Crippen LogP) is 5.84. The van der Waals surface area contributed by atoms with Gasteiger partial charge >= 0.3 is 0 Å². The van der Waals surface area contributed by atoms with Gasteiger partial charge in [0.2, 0.25) is 0 Å². The lowest BCUT2D eigenvalue weighted by molar-refractivity contribution is 0.0949. The zero-order valence-corrected chi connectivity index (χ0v) is 19.0. The van der Waals surface area contributed by atoms with Crippen molar-refractivity contribution in [2.45, 2.75) is 24.5 Å². The fraction of sp³-hybridized carbons (Fsp3) is 0.269. The molecule has 162 valence electrons. The van der Waals surface area contributed by atoms with Crippen molar-refractivity contribution in [3.63, 3.8) is 0 Å². The maximum absolute atomic E-state index is 12.3. The molecule has 0 aliphatic heterocycles. The summed E-state index contributed by atoms with van der Waals surface area (Å²) >= 11 is 1.75. The summed E-state index contributed by atoms with van der Waals surface area (Å²) in [4.78, 5) is 15.7. The van der Waals surface area contributed by atoms with Crippen molar-refractivity contribution < 1.29 is 9.53 Å². The Morgan fingerprint density at radius 2 is 1.52 bits per heavy atom. The Balaban J connectivity index is 1.45. The van der Waals surface area contributed by atoms with Gasteiger partial charge in [0.15, 0.2) is 0 Å². The SMILES string of the molecule is CCN(CC)CCNC(=O)c1ccc(SCc2ccc(Oc3ccccc3)cc2)cc1. The Bertz CT molecular complexity index is 924. The number of benzene rings is 3. The largest absolute Gasteiger partial charge is 0.457 e. The van der Waals surface area contributed by atoms with Crippen molar-refractivity contribution in [3.05, 3.63) is 90.0 Å². The van der Waals surface area contributed by atoms with Gasteiger partial charge < -0.3 is 15.0 Å². The fourth-order valence-electron chi connectivity index (χ4n) is 3.12. The van der Waals surface area contributed by atoms with E-state index in [4.69, 9.17) is 4.74 Å². The number of carbonyl (C=O) groups excluding carboxylic acids is 1. The molecule has 0 saturated heterocycles. The van der Waals surface area contributed by atoms with Crippen LogP contribution in [-0.4, -0.2) is 37.0 Å². The number of amides is 1. The summed E-state index contributed by atoms with van der Waals surface area (Å²) < 4.78 is 5.84. The summed E-state index contributed by atoms with van der Waals surface area (Å²) in [5.41, 5.74) is 1.93. The van der Waals surface area contributed by atoms with Crippen LogP contribution in [0.4, 0.5) is 0 Å². The van der Waals surface area contributed by atoms with Gasteiger partial charge in [-0.3, -0.25) is 4.79 Å². The molecule has 4 nitrogen and oxygen atoms in total. The first kappa shape index (κ1) is 22.9. The van der Waals surface area contributed by atoms with Crippen molar-refractivity contribution in [2.24, 2.45) is 0 Å². The van der Waals surface area contributed by atoms with Crippen molar-refractivity contribution in [1.29, 1.82) is 0 Å². The van der Waals surface area contributed by atoms with Crippen molar-refractivity contribution in [1.82, 2.24) is 10.2 Å². The number of hydrogen-bond acceptors (Lipinski definition) is 4. The number of para-hydroxylation sites is 1. The maximum atomic E-state index is 12.3. The van der Waals surface area contributed by atoms with Gasteiger partial charge in [0.1, 0.15) is 11.5 Å². The van der Waals surface area contributed by atoms with Gasteiger partial charge in [0, 0.05) is 29.3 Å². The highest BCUT2D eigenvalue weighted by Gasteiger charge is 2.06. The predicted molar refractivity (Wildman–Crippen MR) is 129 cm³/mol. The number of nitrogens with one attached hydrogen (secondary N) is 1. The van der Waals surface area contributed by atoms with Crippen LogP contribution in [0.2, 0.25) is 0 Å². The Morgan fingerprint density at radius 3 is 2.16 bits per heavy atom. The summed E-state index contributed by atoms with van der Waals surface area (Å²) in [5.74, 6) is 2.51. The Hall–Kier alpha value is -2.76. The number of nitrogens with zero attached hydrogens (tertiary/aromatic N) is 1. The van der Waals surface area contributed by atoms with E-state index in [1.165, 1.54) is 5.56 Å². The quantitative estimate of drug-likeness (QED) is 0.385. The van der Waals surface area contributed by atoms with Crippen LogP contribution in [-0.2, 0) is 5.75 Å². The van der Waals surface area contributed by atoms with Crippen LogP contribution < -0.4 is 10.1 Å². The Labute approximate surface area is 189 Å². The summed E-state index contributed by atoms with van der Waals surface area (Å²) in [6, 6.07) is 25.8. The summed E-state index contributed by atoms with van der Waals surface area (Å²) in [6.45, 7) is 7.81. The second kappa shape index (κ2) is 12.2. The van der Waals surface area contributed by atoms with Crippen molar-refractivity contribution in [2.75, 3.05) is 26.2 Å². The van der Waals surface area contributed by atoms with E-state index < -0.39 is 0 Å². The molecule has 0 saturated carbocycles. The van der Waals surface area contributed by atoms with Crippen LogP contribution in [0.1, 0.15) is 29.8 Å². The van der Waals surface area contributed by atoms with E-state index in [2.05, 4.69) is 36.2 Å². The highest BCUT2D eigenvalue weighted by Crippen LogP contribution is 2.26. The first-order chi connectivity index (χ1) is 15.2. The van der Waals surface area contributed by atoms with Gasteiger partial charge in [-0.05, 0) is 67.2 Å². The summed E-state index contributed by atoms with van der Waals surface area (Å²) in [5, 5.41) is 3.00. The van der Waals surface area contributed by atoms with Crippen LogP contribution in [0.5, 0.6) is 11.5 Å². The maximum Gasteiger partial charge on any atom is 0.251 e. The molecular formula is C26H30N2O2S. The number of rotatable bonds is 11. The molecule has 3 rings (SSSR count). The molecule has 5 heteroatoms. The normalized spacial score (nSPS) is 10.8. The fourth-order valence-corrected chi connectivity index (χ4v) is 3.97. The molecule has 0 aliphatic carbocycles. The molecule has 0 heterocycles. The van der Waals surface area contributed by atoms with E-state index in [0.29, 0.717) is 12.1 Å². The van der Waals surface area contributed by atoms with Crippen LogP contribution in [0.15, 0.2) is 83.8 Å². The molecule has 0 bridgehead atoms. The molecule has 0 aromatic heterocycles. The van der Waals surface area contributed by atoms with E-state index >= 15 is 0 Å². The van der Waals surface area contributed by atoms with Gasteiger partial charge in [0.05, 0.1) is 0 Å². The Kier molecular flexibility index (Phi) is 9.00. The molecule has 0 aliphatic rings. The second-order valence-corrected chi connectivity index (χ2v) is 8.20. The average Bonchev–Trinajstić information content (AvgIpc) is 2.82. The lowest BCUT2D eigenvalue weighted by Gasteiger charge is -2.17. The van der Waals surface area contributed by atoms with Gasteiger partial charge in [-0.25, -0.2) is 0 Å². The lowest BCUT2D eigenvalue weighted by Crippen LogP contribution is -2.34. The van der Waals surface area contributed by atoms with Gasteiger partial charge in [-0.1, -0.05) is 44.2 Å². The second-order valence-electron chi connectivity index (χ2n) is 7.15. The van der Waals surface area contributed by atoms with Crippen LogP contribution >= 0.6 is 11.8 Å². The van der Waals surface area contributed by atoms with E-state index in [0.717, 1.165) is 41.8 Å². The third-order valence-electron chi connectivity index (χ3n) is 5.03. The molecular weight excluding hydrogens is 404 g/mol. The van der Waals surface area contributed by atoms with Gasteiger partial charge in [0.25, 0.3) is 5.91 Å². The molecule has 0 fully saturated rings. The monoisotopic (exact) mass is 434 g/mol. The number of ether oxygens (including phenoxy) is 1. The summed E-state index contributed by atoms with van der Waals surface area (Å²) in [7, 11) is 0. The molecule has 3 aromatic rings. The third kappa shape index (κ3) is 7.46. The molecule has 3 aromatic carbocycles. The zero-order valence-electron chi connectivity index (χ0n) is 18.2. The van der Waals surface area contributed by atoms with E-state index in [9.17, 15) is 4.79 Å². The standard InChI is InChI=1S/C26H30N2O2S/c1-3-28(4-2)19-18-27-26(29)22-12-16-25(17-13-22)31-20-21-10-14-24(15-11-21)30-23-8-6-5-7-9-23/h5-17H,3-4,18-20H2,1-2H3,(H,27,29). The first-order valence-electron chi connectivity index (χ1n) is 10.7. The number of hydrogen-bond donors (Lipinski definition) is 1. The van der Waals surface area contributed by atoms with E-state index in [-0.39, 0.29) is 5.91 Å². The minimum absolute atomic E-state index is 0.0160. The molecule has 0 unspecified atom stereocenters. The van der Waals surface area contributed by atoms with Crippen molar-refractivity contribution >= 4 is 17.7 Å². The number of carbonyl (C=O) groups is 1. The van der Waals surface area contributed by atoms with Crippen molar-refractivity contribution in [3.8, 4) is 11.5 Å². The minimum atomic E-state index is -0.0160. The number of likely N-dealkylation sites (N-methyl/N-ethyl adjacent to an activating group) is 1. The van der Waals surface area contributed by atoms with Gasteiger partial charge in [-0.2, -0.15) is 0 Å². The lowest BCUT2D eigenvalue weighted by atomic mass is 10.2. The van der Waals surface area contributed by atoms with E-state index in [1.54, 1.807) is 11.8 Å². The smallest absolute Gasteiger partial charge is 0.251 e. The summed E-state index contributed by atoms with van der Waals surface area (Å²) in [6.07, 6.45) is 0. The molecule has 1 amide bonds. The Morgan fingerprint density at radius 1 is 0.871 bits per heavy atom. The minimum Gasteiger partial charge on any atom is -0.457 e. The zero-order chi connectivity index (χ0) is 21.9. The van der Waals surface area contributed by atoms with Crippen LogP contribution in [0.25, 0.3) is 0 Å². The number of thioether (sulfide) groups is 1. The molecule has 0 atom stereocenters. The van der Waals surface area contributed by atoms with E-state index in [1.807, 2.05) is 66.7 Å². The molecule has 0 spiro atoms. The topological polar surface area (TPSA) is 41.6 Å². The first-order valence-corrected chi connectivity index (χ1v) is 11.7. The van der Waals surface area contributed by atoms with Crippen LogP contribution in [0.3, 0.4) is 0 Å². The highest BCUT2D eigenvalue weighted by molar-refractivity contribution is 7.98. The highest BCUT2D eigenvalue weighted by atomic mass is 32.2. The van der Waals surface area contributed by atoms with Gasteiger partial charge in [-0.15, -0.1) is 11.8 Å². The van der Waals surface area contributed by atoms with Crippen LogP contribution in [0, 0.1) is 0 Å². The third-order valence-corrected chi connectivity index (χ3v) is 6.12. The molecule has 1 N–H and O–H groups in total. The molecule has 0 radical (unpaired) electrons.